The maximum Gasteiger partial charge on any atom is 0.259 e. The fourth-order valence-electron chi connectivity index (χ4n) is 3.63. The van der Waals surface area contributed by atoms with Crippen molar-refractivity contribution >= 4 is 5.91 Å². The van der Waals surface area contributed by atoms with E-state index in [-0.39, 0.29) is 25.0 Å². The highest BCUT2D eigenvalue weighted by Crippen LogP contribution is 2.28. The number of piperidine rings is 1. The van der Waals surface area contributed by atoms with E-state index in [1.807, 2.05) is 39.0 Å². The van der Waals surface area contributed by atoms with Crippen LogP contribution in [-0.4, -0.2) is 46.4 Å². The van der Waals surface area contributed by atoms with Crippen LogP contribution in [0.2, 0.25) is 0 Å². The number of nitrogens with zero attached hydrogens (tertiary/aromatic N) is 2. The average molecular weight is 386 g/mol. The van der Waals surface area contributed by atoms with Crippen LogP contribution in [0.3, 0.4) is 0 Å². The number of ether oxygens (including phenoxy) is 1. The normalized spacial score (nSPS) is 19.9. The van der Waals surface area contributed by atoms with Crippen LogP contribution in [0.15, 0.2) is 22.7 Å². The van der Waals surface area contributed by atoms with E-state index in [4.69, 9.17) is 9.26 Å². The fourth-order valence-corrected chi connectivity index (χ4v) is 3.63. The summed E-state index contributed by atoms with van der Waals surface area (Å²) < 4.78 is 11.1. The first kappa shape index (κ1) is 20.4. The van der Waals surface area contributed by atoms with Crippen molar-refractivity contribution in [2.75, 3.05) is 19.7 Å². The molecule has 6 heteroatoms. The molecular weight excluding hydrogens is 356 g/mol. The number of hydrogen-bond acceptors (Lipinski definition) is 5. The van der Waals surface area contributed by atoms with Crippen LogP contribution < -0.4 is 4.74 Å². The van der Waals surface area contributed by atoms with Gasteiger partial charge in [-0.2, -0.15) is 0 Å². The van der Waals surface area contributed by atoms with Gasteiger partial charge in [0.25, 0.3) is 5.91 Å². The van der Waals surface area contributed by atoms with Crippen molar-refractivity contribution < 1.29 is 19.2 Å². The van der Waals surface area contributed by atoms with E-state index in [9.17, 15) is 9.90 Å². The zero-order chi connectivity index (χ0) is 20.5. The van der Waals surface area contributed by atoms with E-state index in [1.165, 1.54) is 5.56 Å². The largest absolute Gasteiger partial charge is 0.491 e. The van der Waals surface area contributed by atoms with Crippen molar-refractivity contribution in [3.63, 3.8) is 0 Å². The number of rotatable bonds is 5. The molecule has 1 fully saturated rings. The Bertz CT molecular complexity index is 858. The van der Waals surface area contributed by atoms with Crippen LogP contribution in [0.5, 0.6) is 5.75 Å². The van der Waals surface area contributed by atoms with Gasteiger partial charge in [-0.15, -0.1) is 0 Å². The molecule has 0 bridgehead atoms. The van der Waals surface area contributed by atoms with E-state index in [2.05, 4.69) is 12.1 Å². The van der Waals surface area contributed by atoms with Gasteiger partial charge in [0.15, 0.2) is 0 Å². The van der Waals surface area contributed by atoms with E-state index in [0.29, 0.717) is 30.0 Å². The van der Waals surface area contributed by atoms with Crippen molar-refractivity contribution in [1.82, 2.24) is 10.1 Å². The quantitative estimate of drug-likeness (QED) is 0.847. The maximum atomic E-state index is 13.1. The van der Waals surface area contributed by atoms with Gasteiger partial charge in [0.1, 0.15) is 29.3 Å². The van der Waals surface area contributed by atoms with Crippen LogP contribution in [0.25, 0.3) is 0 Å². The van der Waals surface area contributed by atoms with Gasteiger partial charge in [-0.3, -0.25) is 4.79 Å². The van der Waals surface area contributed by atoms with Crippen molar-refractivity contribution in [2.45, 2.75) is 59.0 Å². The average Bonchev–Trinajstić information content (AvgIpc) is 3.04. The van der Waals surface area contributed by atoms with Gasteiger partial charge in [-0.25, -0.2) is 0 Å². The van der Waals surface area contributed by atoms with Gasteiger partial charge in [0.05, 0.1) is 12.2 Å². The molecule has 0 spiro atoms. The molecule has 1 aliphatic rings. The third kappa shape index (κ3) is 4.22. The Morgan fingerprint density at radius 2 is 2.07 bits per heavy atom. The molecule has 2 aromatic rings. The summed E-state index contributed by atoms with van der Waals surface area (Å²) in [5.74, 6) is 1.21. The molecule has 1 saturated heterocycles. The number of β-amino-alcohol motifs (C(OH)–C–C–N with tert-alkyl or cyclic N) is 1. The summed E-state index contributed by atoms with van der Waals surface area (Å²) in [6.45, 7) is 10.8. The molecule has 1 aromatic heterocycles. The lowest BCUT2D eigenvalue weighted by Crippen LogP contribution is -2.53. The number of amides is 1. The lowest BCUT2D eigenvalue weighted by Gasteiger charge is -2.39. The minimum atomic E-state index is -1.07. The van der Waals surface area contributed by atoms with Gasteiger partial charge in [0.2, 0.25) is 0 Å². The predicted molar refractivity (Wildman–Crippen MR) is 107 cm³/mol. The standard InChI is InChI=1S/C22H30N2O4/c1-14(2)20-19(17(5)28-23-20)21(25)24-10-6-9-22(26,12-24)13-27-18-8-7-15(3)16(4)11-18/h7-8,11,14,26H,6,9-10,12-13H2,1-5H3. The Morgan fingerprint density at radius 1 is 1.32 bits per heavy atom. The summed E-state index contributed by atoms with van der Waals surface area (Å²) in [6, 6.07) is 5.89. The Balaban J connectivity index is 1.71. The van der Waals surface area contributed by atoms with Crippen molar-refractivity contribution in [1.29, 1.82) is 0 Å². The molecule has 0 saturated carbocycles. The van der Waals surface area contributed by atoms with Crippen LogP contribution in [0, 0.1) is 20.8 Å². The van der Waals surface area contributed by atoms with Crippen molar-refractivity contribution in [3.8, 4) is 5.75 Å². The van der Waals surface area contributed by atoms with E-state index in [0.717, 1.165) is 17.7 Å². The molecule has 0 aliphatic carbocycles. The van der Waals surface area contributed by atoms with Gasteiger partial charge >= 0.3 is 0 Å². The Labute approximate surface area is 166 Å². The molecule has 0 radical (unpaired) electrons. The zero-order valence-electron chi connectivity index (χ0n) is 17.4. The summed E-state index contributed by atoms with van der Waals surface area (Å²) in [6.07, 6.45) is 1.32. The molecule has 1 amide bonds. The summed E-state index contributed by atoms with van der Waals surface area (Å²) in [7, 11) is 0. The number of aryl methyl sites for hydroxylation is 3. The SMILES string of the molecule is Cc1ccc(OCC2(O)CCCN(C(=O)c3c(C(C)C)noc3C)C2)cc1C. The van der Waals surface area contributed by atoms with Gasteiger partial charge in [0, 0.05) is 6.54 Å². The molecule has 1 aliphatic heterocycles. The van der Waals surface area contributed by atoms with Gasteiger partial charge in [-0.1, -0.05) is 25.1 Å². The fraction of sp³-hybridized carbons (Fsp3) is 0.545. The van der Waals surface area contributed by atoms with Gasteiger partial charge < -0.3 is 19.3 Å². The third-order valence-electron chi connectivity index (χ3n) is 5.48. The second kappa shape index (κ2) is 7.95. The number of likely N-dealkylation sites (tertiary alicyclic amines) is 1. The smallest absolute Gasteiger partial charge is 0.259 e. The first-order valence-corrected chi connectivity index (χ1v) is 9.88. The molecule has 1 N–H and O–H groups in total. The first-order valence-electron chi connectivity index (χ1n) is 9.88. The monoisotopic (exact) mass is 386 g/mol. The van der Waals surface area contributed by atoms with Crippen LogP contribution in [0.4, 0.5) is 0 Å². The summed E-state index contributed by atoms with van der Waals surface area (Å²) >= 11 is 0. The van der Waals surface area contributed by atoms with E-state index >= 15 is 0 Å². The lowest BCUT2D eigenvalue weighted by atomic mass is 9.92. The number of carbonyl (C=O) groups excluding carboxylic acids is 1. The van der Waals surface area contributed by atoms with Crippen molar-refractivity contribution in [2.24, 2.45) is 0 Å². The predicted octanol–water partition coefficient (Wildman–Crippen LogP) is 3.77. The Hall–Kier alpha value is -2.34. The topological polar surface area (TPSA) is 75.8 Å². The summed E-state index contributed by atoms with van der Waals surface area (Å²) in [4.78, 5) is 14.8. The van der Waals surface area contributed by atoms with E-state index in [1.54, 1.807) is 11.8 Å². The molecule has 152 valence electrons. The minimum absolute atomic E-state index is 0.0909. The number of benzene rings is 1. The number of aliphatic hydroxyl groups is 1. The Morgan fingerprint density at radius 3 is 2.75 bits per heavy atom. The highest BCUT2D eigenvalue weighted by atomic mass is 16.5. The number of hydrogen-bond donors (Lipinski definition) is 1. The van der Waals surface area contributed by atoms with Crippen LogP contribution >= 0.6 is 0 Å². The van der Waals surface area contributed by atoms with Gasteiger partial charge in [-0.05, 0) is 62.8 Å². The minimum Gasteiger partial charge on any atom is -0.491 e. The lowest BCUT2D eigenvalue weighted by molar-refractivity contribution is -0.0532. The Kier molecular flexibility index (Phi) is 5.79. The molecule has 1 unspecified atom stereocenters. The molecule has 28 heavy (non-hydrogen) atoms. The molecule has 2 heterocycles. The molecular formula is C22H30N2O4. The first-order chi connectivity index (χ1) is 13.2. The number of carbonyl (C=O) groups is 1. The van der Waals surface area contributed by atoms with Crippen molar-refractivity contribution in [3.05, 3.63) is 46.3 Å². The van der Waals surface area contributed by atoms with E-state index < -0.39 is 5.60 Å². The second-order valence-electron chi connectivity index (χ2n) is 8.24. The number of aromatic nitrogens is 1. The second-order valence-corrected chi connectivity index (χ2v) is 8.24. The summed E-state index contributed by atoms with van der Waals surface area (Å²) in [5, 5.41) is 15.1. The van der Waals surface area contributed by atoms with Crippen LogP contribution in [-0.2, 0) is 0 Å². The molecule has 1 aromatic carbocycles. The molecule has 6 nitrogen and oxygen atoms in total. The van der Waals surface area contributed by atoms with Crippen LogP contribution in [0.1, 0.15) is 65.5 Å². The molecule has 1 atom stereocenters. The zero-order valence-corrected chi connectivity index (χ0v) is 17.4. The third-order valence-corrected chi connectivity index (χ3v) is 5.48. The maximum absolute atomic E-state index is 13.1. The highest BCUT2D eigenvalue weighted by molar-refractivity contribution is 5.96. The molecule has 3 rings (SSSR count). The summed E-state index contributed by atoms with van der Waals surface area (Å²) in [5.41, 5.74) is 2.47. The highest BCUT2D eigenvalue weighted by Gasteiger charge is 2.38.